The first-order valence-corrected chi connectivity index (χ1v) is 11.5. The van der Waals surface area contributed by atoms with E-state index in [9.17, 15) is 9.59 Å². The van der Waals surface area contributed by atoms with Gasteiger partial charge in [0.25, 0.3) is 11.8 Å². The van der Waals surface area contributed by atoms with Gasteiger partial charge in [-0.1, -0.05) is 35.9 Å². The number of rotatable bonds is 6. The Bertz CT molecular complexity index is 1130. The summed E-state index contributed by atoms with van der Waals surface area (Å²) in [4.78, 5) is 27.4. The van der Waals surface area contributed by atoms with Crippen molar-refractivity contribution >= 4 is 45.4 Å². The third-order valence-electron chi connectivity index (χ3n) is 5.18. The summed E-state index contributed by atoms with van der Waals surface area (Å²) in [5.74, 6) is 0.0399. The lowest BCUT2D eigenvalue weighted by atomic mass is 9.95. The number of hydrogen-bond acceptors (Lipinski definition) is 4. The van der Waals surface area contributed by atoms with E-state index in [0.717, 1.165) is 36.1 Å². The predicted molar refractivity (Wildman–Crippen MR) is 126 cm³/mol. The topological polar surface area (TPSA) is 67.4 Å². The molecule has 0 spiro atoms. The van der Waals surface area contributed by atoms with Crippen molar-refractivity contribution in [3.05, 3.63) is 75.1 Å². The molecule has 5 nitrogen and oxygen atoms in total. The van der Waals surface area contributed by atoms with Gasteiger partial charge in [-0.25, -0.2) is 0 Å². The van der Waals surface area contributed by atoms with Crippen molar-refractivity contribution in [3.8, 4) is 5.75 Å². The van der Waals surface area contributed by atoms with E-state index in [0.29, 0.717) is 39.2 Å². The van der Waals surface area contributed by atoms with Crippen molar-refractivity contribution in [2.45, 2.75) is 32.6 Å². The number of aryl methyl sites for hydroxylation is 1. The van der Waals surface area contributed by atoms with Crippen molar-refractivity contribution < 1.29 is 14.3 Å². The predicted octanol–water partition coefficient (Wildman–Crippen LogP) is 6.18. The van der Waals surface area contributed by atoms with Gasteiger partial charge in [0.05, 0.1) is 28.4 Å². The van der Waals surface area contributed by atoms with Gasteiger partial charge < -0.3 is 15.4 Å². The minimum Gasteiger partial charge on any atom is -0.492 e. The molecule has 1 heterocycles. The number of nitrogens with one attached hydrogen (secondary N) is 2. The fourth-order valence-corrected chi connectivity index (χ4v) is 5.25. The molecule has 2 N–H and O–H groups in total. The van der Waals surface area contributed by atoms with Gasteiger partial charge in [0.15, 0.2) is 0 Å². The van der Waals surface area contributed by atoms with Crippen LogP contribution in [0.2, 0.25) is 5.02 Å². The molecule has 0 radical (unpaired) electrons. The van der Waals surface area contributed by atoms with Crippen molar-refractivity contribution in [2.75, 3.05) is 17.2 Å². The molecule has 0 aliphatic heterocycles. The minimum atomic E-state index is -0.326. The van der Waals surface area contributed by atoms with E-state index in [2.05, 4.69) is 10.6 Å². The highest BCUT2D eigenvalue weighted by Crippen LogP contribution is 2.39. The van der Waals surface area contributed by atoms with Gasteiger partial charge in [-0.15, -0.1) is 11.3 Å². The first kappa shape index (κ1) is 21.4. The zero-order valence-corrected chi connectivity index (χ0v) is 18.7. The number of benzene rings is 2. The summed E-state index contributed by atoms with van der Waals surface area (Å²) in [6, 6.07) is 14.2. The maximum absolute atomic E-state index is 13.4. The summed E-state index contributed by atoms with van der Waals surface area (Å²) < 4.78 is 5.64. The molecule has 160 valence electrons. The van der Waals surface area contributed by atoms with E-state index >= 15 is 0 Å². The molecule has 7 heteroatoms. The van der Waals surface area contributed by atoms with Crippen LogP contribution in [0, 0.1) is 0 Å². The maximum Gasteiger partial charge on any atom is 0.259 e. The highest BCUT2D eigenvalue weighted by Gasteiger charge is 2.27. The van der Waals surface area contributed by atoms with E-state index in [1.807, 2.05) is 31.2 Å². The molecule has 4 rings (SSSR count). The monoisotopic (exact) mass is 454 g/mol. The molecular weight excluding hydrogens is 432 g/mol. The van der Waals surface area contributed by atoms with Crippen LogP contribution in [0.25, 0.3) is 0 Å². The lowest BCUT2D eigenvalue weighted by Crippen LogP contribution is -2.19. The van der Waals surface area contributed by atoms with Crippen LogP contribution in [0.5, 0.6) is 5.75 Å². The highest BCUT2D eigenvalue weighted by molar-refractivity contribution is 7.17. The Hall–Kier alpha value is -2.83. The number of halogens is 1. The van der Waals surface area contributed by atoms with Crippen LogP contribution < -0.4 is 15.4 Å². The second-order valence-corrected chi connectivity index (χ2v) is 8.74. The number of carbonyl (C=O) groups is 2. The minimum absolute atomic E-state index is 0.249. The summed E-state index contributed by atoms with van der Waals surface area (Å²) in [5.41, 5.74) is 2.54. The number of carbonyl (C=O) groups excluding carboxylic acids is 2. The zero-order valence-electron chi connectivity index (χ0n) is 17.2. The van der Waals surface area contributed by atoms with E-state index in [1.54, 1.807) is 24.3 Å². The second kappa shape index (κ2) is 9.54. The number of para-hydroxylation sites is 2. The molecule has 2 amide bonds. The first-order valence-electron chi connectivity index (χ1n) is 10.3. The molecule has 0 bridgehead atoms. The third kappa shape index (κ3) is 4.60. The molecule has 2 aromatic carbocycles. The molecule has 0 fully saturated rings. The maximum atomic E-state index is 13.4. The Morgan fingerprint density at radius 1 is 1.00 bits per heavy atom. The van der Waals surface area contributed by atoms with Gasteiger partial charge in [0.1, 0.15) is 10.8 Å². The zero-order chi connectivity index (χ0) is 21.8. The summed E-state index contributed by atoms with van der Waals surface area (Å²) in [6.45, 7) is 2.40. The molecule has 0 saturated heterocycles. The quantitative estimate of drug-likeness (QED) is 0.467. The Balaban J connectivity index is 1.67. The van der Waals surface area contributed by atoms with Crippen molar-refractivity contribution in [1.82, 2.24) is 0 Å². The molecule has 0 saturated carbocycles. The average Bonchev–Trinajstić information content (AvgIpc) is 3.13. The van der Waals surface area contributed by atoms with E-state index in [1.165, 1.54) is 11.3 Å². The van der Waals surface area contributed by atoms with Crippen LogP contribution in [-0.4, -0.2) is 18.4 Å². The van der Waals surface area contributed by atoms with Gasteiger partial charge >= 0.3 is 0 Å². The number of amides is 2. The molecule has 31 heavy (non-hydrogen) atoms. The molecule has 1 aromatic heterocycles. The summed E-state index contributed by atoms with van der Waals surface area (Å²) in [6.07, 6.45) is 3.85. The largest absolute Gasteiger partial charge is 0.492 e. The van der Waals surface area contributed by atoms with Crippen molar-refractivity contribution in [1.29, 1.82) is 0 Å². The molecule has 0 atom stereocenters. The van der Waals surface area contributed by atoms with Gasteiger partial charge in [0, 0.05) is 4.88 Å². The van der Waals surface area contributed by atoms with Crippen LogP contribution >= 0.6 is 22.9 Å². The van der Waals surface area contributed by atoms with Crippen LogP contribution in [0.1, 0.15) is 50.9 Å². The molecule has 1 aliphatic rings. The third-order valence-corrected chi connectivity index (χ3v) is 6.72. The number of hydrogen-bond donors (Lipinski definition) is 2. The van der Waals surface area contributed by atoms with Crippen molar-refractivity contribution in [2.24, 2.45) is 0 Å². The summed E-state index contributed by atoms with van der Waals surface area (Å²) in [7, 11) is 0. The molecule has 1 aliphatic carbocycles. The van der Waals surface area contributed by atoms with E-state index in [-0.39, 0.29) is 11.8 Å². The van der Waals surface area contributed by atoms with Gasteiger partial charge in [0.2, 0.25) is 0 Å². The van der Waals surface area contributed by atoms with E-state index in [4.69, 9.17) is 16.3 Å². The molecule has 0 unspecified atom stereocenters. The van der Waals surface area contributed by atoms with Crippen LogP contribution in [0.15, 0.2) is 48.5 Å². The number of fused-ring (bicyclic) bond motifs is 1. The lowest BCUT2D eigenvalue weighted by molar-refractivity contribution is 0.102. The number of anilines is 2. The number of thiophene rings is 1. The Morgan fingerprint density at radius 2 is 1.74 bits per heavy atom. The number of ether oxygens (including phenoxy) is 1. The van der Waals surface area contributed by atoms with Crippen LogP contribution in [0.4, 0.5) is 10.7 Å². The van der Waals surface area contributed by atoms with Crippen molar-refractivity contribution in [3.63, 3.8) is 0 Å². The van der Waals surface area contributed by atoms with Gasteiger partial charge in [-0.3, -0.25) is 9.59 Å². The van der Waals surface area contributed by atoms with Gasteiger partial charge in [-0.05, 0) is 62.4 Å². The molecular formula is C24H23ClN2O3S. The summed E-state index contributed by atoms with van der Waals surface area (Å²) in [5, 5.41) is 6.84. The Labute approximate surface area is 190 Å². The Kier molecular flexibility index (Phi) is 6.59. The standard InChI is InChI=1S/C24H23ClN2O3S/c1-2-30-19-13-7-6-12-18(19)26-23(29)21-16-10-4-8-14-20(16)31-24(21)27-22(28)15-9-3-5-11-17(15)25/h3,5-7,9,11-13H,2,4,8,10,14H2,1H3,(H,26,29)(H,27,28). The van der Waals surface area contributed by atoms with E-state index < -0.39 is 0 Å². The first-order chi connectivity index (χ1) is 15.1. The smallest absolute Gasteiger partial charge is 0.259 e. The fraction of sp³-hybridized carbons (Fsp3) is 0.250. The fourth-order valence-electron chi connectivity index (χ4n) is 3.75. The summed E-state index contributed by atoms with van der Waals surface area (Å²) >= 11 is 7.67. The van der Waals surface area contributed by atoms with Crippen LogP contribution in [-0.2, 0) is 12.8 Å². The lowest BCUT2D eigenvalue weighted by Gasteiger charge is -2.15. The second-order valence-electron chi connectivity index (χ2n) is 7.23. The Morgan fingerprint density at radius 3 is 2.55 bits per heavy atom. The average molecular weight is 455 g/mol. The molecule has 3 aromatic rings. The van der Waals surface area contributed by atoms with Gasteiger partial charge in [-0.2, -0.15) is 0 Å². The SMILES string of the molecule is CCOc1ccccc1NC(=O)c1c(NC(=O)c2ccccc2Cl)sc2c1CCCC2. The normalized spacial score (nSPS) is 12.7. The highest BCUT2D eigenvalue weighted by atomic mass is 35.5. The van der Waals surface area contributed by atoms with Crippen LogP contribution in [0.3, 0.4) is 0 Å².